The second-order valence-corrected chi connectivity index (χ2v) is 3.22. The molecule has 3 heteroatoms. The number of hydrogen-bond acceptors (Lipinski definition) is 3. The van der Waals surface area contributed by atoms with Gasteiger partial charge in [0, 0.05) is 5.56 Å². The number of Topliss-reactive ketones (excluding diaryl/α,β-unsaturated/α-hetero) is 1. The largest absolute Gasteiger partial charge is 0.496 e. The third-order valence-electron chi connectivity index (χ3n) is 2.19. The average Bonchev–Trinajstić information content (AvgIpc) is 2.19. The molecule has 0 bridgehead atoms. The molecule has 0 aliphatic carbocycles. The van der Waals surface area contributed by atoms with Crippen molar-refractivity contribution >= 4 is 5.78 Å². The maximum absolute atomic E-state index is 11.3. The summed E-state index contributed by atoms with van der Waals surface area (Å²) in [7, 11) is 1.59. The van der Waals surface area contributed by atoms with Gasteiger partial charge in [-0.1, -0.05) is 0 Å². The third kappa shape index (κ3) is 1.93. The van der Waals surface area contributed by atoms with Crippen LogP contribution in [-0.2, 0) is 0 Å². The van der Waals surface area contributed by atoms with Crippen LogP contribution in [0.5, 0.6) is 5.75 Å². The van der Waals surface area contributed by atoms with E-state index in [1.165, 1.54) is 0 Å². The molecule has 0 fully saturated rings. The van der Waals surface area contributed by atoms with Crippen LogP contribution in [-0.4, -0.2) is 24.6 Å². The highest BCUT2D eigenvalue weighted by Gasteiger charge is 2.10. The van der Waals surface area contributed by atoms with Gasteiger partial charge in [0.25, 0.3) is 0 Å². The Morgan fingerprint density at radius 3 is 2.50 bits per heavy atom. The number of rotatable bonds is 3. The molecule has 0 radical (unpaired) electrons. The van der Waals surface area contributed by atoms with Crippen LogP contribution in [0.1, 0.15) is 21.5 Å². The van der Waals surface area contributed by atoms with Crippen LogP contribution in [0.2, 0.25) is 0 Å². The first kappa shape index (κ1) is 10.7. The Morgan fingerprint density at radius 1 is 1.36 bits per heavy atom. The molecule has 0 saturated carbocycles. The first-order valence-electron chi connectivity index (χ1n) is 4.39. The number of benzene rings is 1. The molecule has 76 valence electrons. The highest BCUT2D eigenvalue weighted by Crippen LogP contribution is 2.22. The minimum Gasteiger partial charge on any atom is -0.496 e. The van der Waals surface area contributed by atoms with Crippen molar-refractivity contribution in [3.05, 3.63) is 28.8 Å². The van der Waals surface area contributed by atoms with E-state index in [9.17, 15) is 4.79 Å². The predicted octanol–water partition coefficient (Wildman–Crippen LogP) is 1.49. The summed E-state index contributed by atoms with van der Waals surface area (Å²) in [5.41, 5.74) is 2.28. The fraction of sp³-hybridized carbons (Fsp3) is 0.364. The monoisotopic (exact) mass is 194 g/mol. The lowest BCUT2D eigenvalue weighted by Gasteiger charge is -2.09. The molecule has 0 aliphatic rings. The Balaban J connectivity index is 3.21. The van der Waals surface area contributed by atoms with Crippen LogP contribution >= 0.6 is 0 Å². The maximum Gasteiger partial charge on any atom is 0.188 e. The topological polar surface area (TPSA) is 46.5 Å². The number of aliphatic hydroxyl groups excluding tert-OH is 1. The van der Waals surface area contributed by atoms with Gasteiger partial charge >= 0.3 is 0 Å². The zero-order chi connectivity index (χ0) is 10.7. The van der Waals surface area contributed by atoms with Crippen molar-refractivity contribution < 1.29 is 14.6 Å². The summed E-state index contributed by atoms with van der Waals surface area (Å²) >= 11 is 0. The number of ether oxygens (including phenoxy) is 1. The van der Waals surface area contributed by atoms with Crippen LogP contribution in [0.15, 0.2) is 12.1 Å². The van der Waals surface area contributed by atoms with Crippen molar-refractivity contribution in [2.24, 2.45) is 0 Å². The molecule has 1 N–H and O–H groups in total. The standard InChI is InChI=1S/C11H14O3/c1-7-5-11(14-3)8(2)4-9(7)10(13)6-12/h4-5,12H,6H2,1-3H3. The maximum atomic E-state index is 11.3. The second kappa shape index (κ2) is 4.24. The van der Waals surface area contributed by atoms with E-state index in [1.54, 1.807) is 19.2 Å². The zero-order valence-corrected chi connectivity index (χ0v) is 8.63. The van der Waals surface area contributed by atoms with E-state index in [2.05, 4.69) is 0 Å². The lowest BCUT2D eigenvalue weighted by atomic mass is 10.0. The van der Waals surface area contributed by atoms with Crippen LogP contribution in [0.25, 0.3) is 0 Å². The van der Waals surface area contributed by atoms with E-state index in [0.717, 1.165) is 16.9 Å². The van der Waals surface area contributed by atoms with E-state index in [0.29, 0.717) is 5.56 Å². The summed E-state index contributed by atoms with van der Waals surface area (Å²) < 4.78 is 5.12. The summed E-state index contributed by atoms with van der Waals surface area (Å²) in [6, 6.07) is 3.55. The van der Waals surface area contributed by atoms with Crippen LogP contribution in [0.3, 0.4) is 0 Å². The van der Waals surface area contributed by atoms with Crippen molar-refractivity contribution in [2.75, 3.05) is 13.7 Å². The SMILES string of the molecule is COc1cc(C)c(C(=O)CO)cc1C. The van der Waals surface area contributed by atoms with E-state index < -0.39 is 6.61 Å². The first-order chi connectivity index (χ1) is 6.60. The molecule has 14 heavy (non-hydrogen) atoms. The number of aryl methyl sites for hydroxylation is 2. The van der Waals surface area contributed by atoms with E-state index in [1.807, 2.05) is 13.8 Å². The van der Waals surface area contributed by atoms with Gasteiger partial charge in [-0.15, -0.1) is 0 Å². The van der Waals surface area contributed by atoms with Crippen molar-refractivity contribution in [3.8, 4) is 5.75 Å². The Hall–Kier alpha value is -1.35. The second-order valence-electron chi connectivity index (χ2n) is 3.22. The Kier molecular flexibility index (Phi) is 3.25. The molecule has 3 nitrogen and oxygen atoms in total. The highest BCUT2D eigenvalue weighted by molar-refractivity contribution is 5.98. The molecule has 0 spiro atoms. The summed E-state index contributed by atoms with van der Waals surface area (Å²) in [4.78, 5) is 11.3. The molecule has 1 aromatic rings. The molecule has 0 unspecified atom stereocenters. The summed E-state index contributed by atoms with van der Waals surface area (Å²) in [5, 5.41) is 8.75. The molecule has 0 aliphatic heterocycles. The van der Waals surface area contributed by atoms with Crippen molar-refractivity contribution in [1.29, 1.82) is 0 Å². The van der Waals surface area contributed by atoms with E-state index in [4.69, 9.17) is 9.84 Å². The molecule has 0 atom stereocenters. The van der Waals surface area contributed by atoms with Gasteiger partial charge in [-0.25, -0.2) is 0 Å². The van der Waals surface area contributed by atoms with Crippen molar-refractivity contribution in [1.82, 2.24) is 0 Å². The van der Waals surface area contributed by atoms with Crippen molar-refractivity contribution in [3.63, 3.8) is 0 Å². The smallest absolute Gasteiger partial charge is 0.188 e. The molecule has 1 aromatic carbocycles. The molecular formula is C11H14O3. The van der Waals surface area contributed by atoms with Gasteiger partial charge in [-0.05, 0) is 37.1 Å². The highest BCUT2D eigenvalue weighted by atomic mass is 16.5. The van der Waals surface area contributed by atoms with Crippen LogP contribution < -0.4 is 4.74 Å². The summed E-state index contributed by atoms with van der Waals surface area (Å²) in [5.74, 6) is 0.505. The predicted molar refractivity (Wildman–Crippen MR) is 53.9 cm³/mol. The Labute approximate surface area is 83.3 Å². The van der Waals surface area contributed by atoms with Gasteiger partial charge in [0.1, 0.15) is 12.4 Å². The minimum absolute atomic E-state index is 0.256. The molecule has 0 aromatic heterocycles. The molecule has 0 saturated heterocycles. The summed E-state index contributed by atoms with van der Waals surface area (Å²) in [6.45, 7) is 3.24. The van der Waals surface area contributed by atoms with Crippen LogP contribution in [0.4, 0.5) is 0 Å². The summed E-state index contributed by atoms with van der Waals surface area (Å²) in [6.07, 6.45) is 0. The first-order valence-corrected chi connectivity index (χ1v) is 4.39. The van der Waals surface area contributed by atoms with Gasteiger partial charge in [0.15, 0.2) is 5.78 Å². The lowest BCUT2D eigenvalue weighted by molar-refractivity contribution is 0.0903. The molecular weight excluding hydrogens is 180 g/mol. The fourth-order valence-corrected chi connectivity index (χ4v) is 1.40. The van der Waals surface area contributed by atoms with E-state index >= 15 is 0 Å². The zero-order valence-electron chi connectivity index (χ0n) is 8.63. The number of carbonyl (C=O) groups is 1. The van der Waals surface area contributed by atoms with Crippen molar-refractivity contribution in [2.45, 2.75) is 13.8 Å². The Bertz CT molecular complexity index is 356. The number of carbonyl (C=O) groups excluding carboxylic acids is 1. The average molecular weight is 194 g/mol. The lowest BCUT2D eigenvalue weighted by Crippen LogP contribution is -2.07. The fourth-order valence-electron chi connectivity index (χ4n) is 1.40. The van der Waals surface area contributed by atoms with Gasteiger partial charge < -0.3 is 9.84 Å². The quantitative estimate of drug-likeness (QED) is 0.741. The molecule has 0 amide bonds. The van der Waals surface area contributed by atoms with E-state index in [-0.39, 0.29) is 5.78 Å². The number of ketones is 1. The van der Waals surface area contributed by atoms with Gasteiger partial charge in [0.2, 0.25) is 0 Å². The Morgan fingerprint density at radius 2 is 2.00 bits per heavy atom. The number of hydrogen-bond donors (Lipinski definition) is 1. The molecule has 1 rings (SSSR count). The third-order valence-corrected chi connectivity index (χ3v) is 2.19. The molecule has 0 heterocycles. The minimum atomic E-state index is -0.452. The number of methoxy groups -OCH3 is 1. The van der Waals surface area contributed by atoms with Gasteiger partial charge in [0.05, 0.1) is 7.11 Å². The van der Waals surface area contributed by atoms with Crippen LogP contribution in [0, 0.1) is 13.8 Å². The number of aliphatic hydroxyl groups is 1. The normalized spacial score (nSPS) is 10.0. The van der Waals surface area contributed by atoms with Gasteiger partial charge in [-0.2, -0.15) is 0 Å². The van der Waals surface area contributed by atoms with Gasteiger partial charge in [-0.3, -0.25) is 4.79 Å².